The number of nitrogens with zero attached hydrogens (tertiary/aromatic N) is 1. The van der Waals surface area contributed by atoms with Crippen molar-refractivity contribution in [3.8, 4) is 0 Å². The van der Waals surface area contributed by atoms with Crippen LogP contribution in [0.4, 0.5) is 0 Å². The van der Waals surface area contributed by atoms with E-state index in [1.165, 1.54) is 19.4 Å². The van der Waals surface area contributed by atoms with Gasteiger partial charge in [-0.2, -0.15) is 0 Å². The number of hydrogen-bond acceptors (Lipinski definition) is 2. The van der Waals surface area contributed by atoms with E-state index in [0.29, 0.717) is 0 Å². The van der Waals surface area contributed by atoms with Gasteiger partial charge >= 0.3 is 0 Å². The first kappa shape index (κ1) is 12.6. The maximum absolute atomic E-state index is 10.1. The minimum absolute atomic E-state index is 0.315. The molecule has 1 aromatic carbocycles. The van der Waals surface area contributed by atoms with Gasteiger partial charge in [0.2, 0.25) is 0 Å². The molecular weight excluding hydrogens is 210 g/mol. The van der Waals surface area contributed by atoms with Gasteiger partial charge < -0.3 is 10.0 Å². The van der Waals surface area contributed by atoms with Crippen LogP contribution < -0.4 is 0 Å². The molecule has 0 aromatic heterocycles. The van der Waals surface area contributed by atoms with Gasteiger partial charge in [0.05, 0.1) is 6.10 Å². The Morgan fingerprint density at radius 3 is 2.59 bits per heavy atom. The average Bonchev–Trinajstić information content (AvgIpc) is 3.19. The van der Waals surface area contributed by atoms with Gasteiger partial charge in [-0.1, -0.05) is 37.3 Å². The molecule has 0 amide bonds. The van der Waals surface area contributed by atoms with E-state index in [1.807, 2.05) is 30.3 Å². The smallest absolute Gasteiger partial charge is 0.0802 e. The van der Waals surface area contributed by atoms with Crippen LogP contribution in [0.1, 0.15) is 37.9 Å². The van der Waals surface area contributed by atoms with Crippen LogP contribution in [0.15, 0.2) is 30.3 Å². The van der Waals surface area contributed by atoms with Crippen molar-refractivity contribution >= 4 is 0 Å². The summed E-state index contributed by atoms with van der Waals surface area (Å²) in [4.78, 5) is 2.46. The molecule has 94 valence electrons. The summed E-state index contributed by atoms with van der Waals surface area (Å²) in [5.41, 5.74) is 1.04. The van der Waals surface area contributed by atoms with E-state index >= 15 is 0 Å². The average molecular weight is 233 g/mol. The zero-order chi connectivity index (χ0) is 12.1. The molecule has 1 saturated carbocycles. The van der Waals surface area contributed by atoms with E-state index in [2.05, 4.69) is 11.8 Å². The molecule has 2 nitrogen and oxygen atoms in total. The van der Waals surface area contributed by atoms with Gasteiger partial charge in [-0.3, -0.25) is 0 Å². The fourth-order valence-electron chi connectivity index (χ4n) is 2.19. The molecule has 2 heteroatoms. The molecule has 0 heterocycles. The Bertz CT molecular complexity index is 321. The summed E-state index contributed by atoms with van der Waals surface area (Å²) in [7, 11) is 0. The van der Waals surface area contributed by atoms with Crippen molar-refractivity contribution < 1.29 is 5.11 Å². The second kappa shape index (κ2) is 6.18. The SMILES string of the molecule is CCN(CC[C@@H](O)c1ccccc1)CC1CC1. The van der Waals surface area contributed by atoms with E-state index in [9.17, 15) is 5.11 Å². The lowest BCUT2D eigenvalue weighted by Gasteiger charge is -2.21. The Morgan fingerprint density at radius 1 is 1.29 bits per heavy atom. The summed E-state index contributed by atoms with van der Waals surface area (Å²) in [5.74, 6) is 0.934. The van der Waals surface area contributed by atoms with Gasteiger partial charge in [-0.25, -0.2) is 0 Å². The first-order chi connectivity index (χ1) is 8.29. The highest BCUT2D eigenvalue weighted by atomic mass is 16.3. The third-order valence-electron chi connectivity index (χ3n) is 3.56. The first-order valence-corrected chi connectivity index (χ1v) is 6.75. The molecule has 0 bridgehead atoms. The zero-order valence-corrected chi connectivity index (χ0v) is 10.7. The molecule has 1 atom stereocenters. The topological polar surface area (TPSA) is 23.5 Å². The third-order valence-corrected chi connectivity index (χ3v) is 3.56. The summed E-state index contributed by atoms with van der Waals surface area (Å²) in [6.45, 7) is 5.52. The second-order valence-electron chi connectivity index (χ2n) is 5.05. The van der Waals surface area contributed by atoms with E-state index < -0.39 is 0 Å². The lowest BCUT2D eigenvalue weighted by molar-refractivity contribution is 0.142. The fraction of sp³-hybridized carbons (Fsp3) is 0.600. The van der Waals surface area contributed by atoms with Crippen LogP contribution in [0.25, 0.3) is 0 Å². The largest absolute Gasteiger partial charge is 0.388 e. The number of aliphatic hydroxyl groups is 1. The number of rotatable bonds is 7. The highest BCUT2D eigenvalue weighted by molar-refractivity contribution is 5.17. The van der Waals surface area contributed by atoms with E-state index in [-0.39, 0.29) is 6.10 Å². The molecule has 0 saturated heterocycles. The summed E-state index contributed by atoms with van der Waals surface area (Å²) in [6.07, 6.45) is 3.32. The molecule has 1 aromatic rings. The zero-order valence-electron chi connectivity index (χ0n) is 10.7. The van der Waals surface area contributed by atoms with Crippen molar-refractivity contribution in [2.75, 3.05) is 19.6 Å². The minimum atomic E-state index is -0.315. The first-order valence-electron chi connectivity index (χ1n) is 6.75. The van der Waals surface area contributed by atoms with Crippen molar-refractivity contribution in [1.29, 1.82) is 0 Å². The van der Waals surface area contributed by atoms with E-state index in [4.69, 9.17) is 0 Å². The summed E-state index contributed by atoms with van der Waals surface area (Å²) in [5, 5.41) is 10.1. The molecule has 0 unspecified atom stereocenters. The standard InChI is InChI=1S/C15H23NO/c1-2-16(12-13-8-9-13)11-10-15(17)14-6-4-3-5-7-14/h3-7,13,15,17H,2,8-12H2,1H3/t15-/m1/s1. The Balaban J connectivity index is 1.76. The molecule has 0 spiro atoms. The van der Waals surface area contributed by atoms with Crippen LogP contribution in [0, 0.1) is 5.92 Å². The van der Waals surface area contributed by atoms with Crippen LogP contribution in [-0.2, 0) is 0 Å². The molecule has 2 rings (SSSR count). The normalized spacial score (nSPS) is 17.4. The Kier molecular flexibility index (Phi) is 4.57. The lowest BCUT2D eigenvalue weighted by atomic mass is 10.1. The molecule has 1 fully saturated rings. The summed E-state index contributed by atoms with van der Waals surface area (Å²) >= 11 is 0. The fourth-order valence-corrected chi connectivity index (χ4v) is 2.19. The minimum Gasteiger partial charge on any atom is -0.388 e. The molecule has 0 aliphatic heterocycles. The van der Waals surface area contributed by atoms with Gasteiger partial charge in [-0.15, -0.1) is 0 Å². The summed E-state index contributed by atoms with van der Waals surface area (Å²) in [6, 6.07) is 9.96. The number of aliphatic hydroxyl groups excluding tert-OH is 1. The Morgan fingerprint density at radius 2 is 2.00 bits per heavy atom. The molecule has 0 radical (unpaired) electrons. The van der Waals surface area contributed by atoms with Crippen LogP contribution in [0.3, 0.4) is 0 Å². The van der Waals surface area contributed by atoms with Crippen LogP contribution in [0.2, 0.25) is 0 Å². The maximum atomic E-state index is 10.1. The van der Waals surface area contributed by atoms with Gasteiger partial charge in [-0.05, 0) is 37.3 Å². The lowest BCUT2D eigenvalue weighted by Crippen LogP contribution is -2.27. The van der Waals surface area contributed by atoms with Gasteiger partial charge in [0, 0.05) is 13.1 Å². The van der Waals surface area contributed by atoms with Crippen molar-refractivity contribution in [2.24, 2.45) is 5.92 Å². The predicted molar refractivity (Wildman–Crippen MR) is 70.9 cm³/mol. The Labute approximate surface area is 104 Å². The third kappa shape index (κ3) is 4.14. The highest BCUT2D eigenvalue weighted by Crippen LogP contribution is 2.30. The number of benzene rings is 1. The Hall–Kier alpha value is -0.860. The molecule has 17 heavy (non-hydrogen) atoms. The second-order valence-corrected chi connectivity index (χ2v) is 5.05. The molecule has 1 N–H and O–H groups in total. The van der Waals surface area contributed by atoms with Crippen LogP contribution in [0.5, 0.6) is 0 Å². The predicted octanol–water partition coefficient (Wildman–Crippen LogP) is 2.84. The maximum Gasteiger partial charge on any atom is 0.0802 e. The van der Waals surface area contributed by atoms with Gasteiger partial charge in [0.1, 0.15) is 0 Å². The van der Waals surface area contributed by atoms with Crippen molar-refractivity contribution in [2.45, 2.75) is 32.3 Å². The highest BCUT2D eigenvalue weighted by Gasteiger charge is 2.23. The van der Waals surface area contributed by atoms with Crippen molar-refractivity contribution in [3.05, 3.63) is 35.9 Å². The molecule has 1 aliphatic carbocycles. The van der Waals surface area contributed by atoms with Crippen LogP contribution in [-0.4, -0.2) is 29.6 Å². The number of hydrogen-bond donors (Lipinski definition) is 1. The van der Waals surface area contributed by atoms with Gasteiger partial charge in [0.25, 0.3) is 0 Å². The monoisotopic (exact) mass is 233 g/mol. The summed E-state index contributed by atoms with van der Waals surface area (Å²) < 4.78 is 0. The quantitative estimate of drug-likeness (QED) is 0.783. The van der Waals surface area contributed by atoms with Crippen molar-refractivity contribution in [3.63, 3.8) is 0 Å². The van der Waals surface area contributed by atoms with E-state index in [1.54, 1.807) is 0 Å². The van der Waals surface area contributed by atoms with Crippen molar-refractivity contribution in [1.82, 2.24) is 4.90 Å². The van der Waals surface area contributed by atoms with Gasteiger partial charge in [0.15, 0.2) is 0 Å². The molecular formula is C15H23NO. The van der Waals surface area contributed by atoms with Crippen LogP contribution >= 0.6 is 0 Å². The molecule has 1 aliphatic rings. The van der Waals surface area contributed by atoms with E-state index in [0.717, 1.165) is 31.0 Å².